The van der Waals surface area contributed by atoms with Crippen molar-refractivity contribution >= 4 is 17.7 Å². The highest BCUT2D eigenvalue weighted by molar-refractivity contribution is 6.04. The first kappa shape index (κ1) is 17.5. The summed E-state index contributed by atoms with van der Waals surface area (Å²) in [6, 6.07) is 9.44. The summed E-state index contributed by atoms with van der Waals surface area (Å²) in [6.07, 6.45) is 3.86. The molecule has 1 aromatic rings. The molecule has 1 aliphatic rings. The molecule has 0 bridgehead atoms. The van der Waals surface area contributed by atoms with Gasteiger partial charge in [-0.25, -0.2) is 0 Å². The smallest absolute Gasteiger partial charge is 0.303 e. The molecule has 0 aliphatic heterocycles. The molecule has 6 heteroatoms. The summed E-state index contributed by atoms with van der Waals surface area (Å²) in [5, 5.41) is 2.77. The van der Waals surface area contributed by atoms with Crippen LogP contribution in [0.25, 0.3) is 0 Å². The molecule has 2 rings (SSSR count). The standard InChI is InChI=1S/C18H19NO5/c1-13(20)24-18(9-8-15(21)16(10-18)23-2)11-17(22)19-12-14-6-4-3-5-7-14/h3-10H,11-12H2,1-2H3,(H,19,22). The van der Waals surface area contributed by atoms with E-state index >= 15 is 0 Å². The van der Waals surface area contributed by atoms with E-state index < -0.39 is 11.6 Å². The Morgan fingerprint density at radius 3 is 2.54 bits per heavy atom. The summed E-state index contributed by atoms with van der Waals surface area (Å²) in [4.78, 5) is 35.3. The molecule has 0 spiro atoms. The molecule has 0 aromatic heterocycles. The maximum atomic E-state index is 12.3. The van der Waals surface area contributed by atoms with Crippen LogP contribution in [-0.2, 0) is 30.4 Å². The number of benzene rings is 1. The van der Waals surface area contributed by atoms with Crippen LogP contribution in [0.1, 0.15) is 18.9 Å². The molecule has 0 fully saturated rings. The van der Waals surface area contributed by atoms with Gasteiger partial charge in [-0.1, -0.05) is 30.3 Å². The minimum atomic E-state index is -1.33. The minimum absolute atomic E-state index is 0.0367. The fourth-order valence-corrected chi connectivity index (χ4v) is 2.39. The van der Waals surface area contributed by atoms with Gasteiger partial charge in [0.15, 0.2) is 11.4 Å². The third-order valence-electron chi connectivity index (χ3n) is 3.46. The summed E-state index contributed by atoms with van der Waals surface area (Å²) in [6.45, 7) is 1.60. The first-order valence-electron chi connectivity index (χ1n) is 7.45. The molecule has 0 radical (unpaired) electrons. The molecule has 0 saturated carbocycles. The topological polar surface area (TPSA) is 81.7 Å². The predicted molar refractivity (Wildman–Crippen MR) is 86.6 cm³/mol. The number of hydrogen-bond donors (Lipinski definition) is 1. The van der Waals surface area contributed by atoms with E-state index in [1.54, 1.807) is 0 Å². The lowest BCUT2D eigenvalue weighted by Gasteiger charge is -2.29. The van der Waals surface area contributed by atoms with Crippen molar-refractivity contribution in [3.63, 3.8) is 0 Å². The van der Waals surface area contributed by atoms with E-state index in [1.807, 2.05) is 30.3 Å². The maximum absolute atomic E-state index is 12.3. The van der Waals surface area contributed by atoms with Crippen LogP contribution < -0.4 is 5.32 Å². The molecule has 126 valence electrons. The van der Waals surface area contributed by atoms with Crippen molar-refractivity contribution in [2.45, 2.75) is 25.5 Å². The number of amides is 1. The predicted octanol–water partition coefficient (Wildman–Crippen LogP) is 1.66. The Balaban J connectivity index is 2.10. The number of nitrogens with one attached hydrogen (secondary N) is 1. The normalized spacial score (nSPS) is 19.4. The molecule has 1 unspecified atom stereocenters. The number of hydrogen-bond acceptors (Lipinski definition) is 5. The van der Waals surface area contributed by atoms with E-state index in [2.05, 4.69) is 5.32 Å². The van der Waals surface area contributed by atoms with Crippen LogP contribution in [0, 0.1) is 0 Å². The lowest BCUT2D eigenvalue weighted by molar-refractivity contribution is -0.151. The Labute approximate surface area is 140 Å². The average Bonchev–Trinajstić information content (AvgIpc) is 2.55. The summed E-state index contributed by atoms with van der Waals surface area (Å²) in [7, 11) is 1.34. The maximum Gasteiger partial charge on any atom is 0.303 e. The molecule has 6 nitrogen and oxygen atoms in total. The Hall–Kier alpha value is -2.89. The zero-order chi connectivity index (χ0) is 17.6. The fourth-order valence-electron chi connectivity index (χ4n) is 2.39. The number of methoxy groups -OCH3 is 1. The van der Waals surface area contributed by atoms with Gasteiger partial charge in [0, 0.05) is 19.5 Å². The molecule has 0 saturated heterocycles. The van der Waals surface area contributed by atoms with Gasteiger partial charge in [0.25, 0.3) is 0 Å². The number of carbonyl (C=O) groups excluding carboxylic acids is 3. The zero-order valence-corrected chi connectivity index (χ0v) is 13.6. The van der Waals surface area contributed by atoms with Crippen molar-refractivity contribution in [1.82, 2.24) is 5.32 Å². The van der Waals surface area contributed by atoms with Gasteiger partial charge in [0.05, 0.1) is 13.5 Å². The fraction of sp³-hybridized carbons (Fsp3) is 0.278. The van der Waals surface area contributed by atoms with E-state index in [-0.39, 0.29) is 23.9 Å². The van der Waals surface area contributed by atoms with Gasteiger partial charge >= 0.3 is 5.97 Å². The molecule has 0 heterocycles. The van der Waals surface area contributed by atoms with Crippen molar-refractivity contribution in [2.24, 2.45) is 0 Å². The molecule has 24 heavy (non-hydrogen) atoms. The second-order valence-electron chi connectivity index (χ2n) is 5.40. The molecule has 1 N–H and O–H groups in total. The number of ketones is 1. The first-order valence-corrected chi connectivity index (χ1v) is 7.45. The molecular weight excluding hydrogens is 310 g/mol. The Morgan fingerprint density at radius 1 is 1.21 bits per heavy atom. The summed E-state index contributed by atoms with van der Waals surface area (Å²) < 4.78 is 10.3. The third kappa shape index (κ3) is 4.55. The third-order valence-corrected chi connectivity index (χ3v) is 3.46. The molecule has 1 aliphatic carbocycles. The summed E-state index contributed by atoms with van der Waals surface area (Å²) >= 11 is 0. The minimum Gasteiger partial charge on any atom is -0.493 e. The molecule has 1 aromatic carbocycles. The largest absolute Gasteiger partial charge is 0.493 e. The second-order valence-corrected chi connectivity index (χ2v) is 5.40. The van der Waals surface area contributed by atoms with E-state index in [1.165, 1.54) is 32.3 Å². The second kappa shape index (κ2) is 7.59. The first-order chi connectivity index (χ1) is 11.4. The van der Waals surface area contributed by atoms with E-state index in [0.29, 0.717) is 6.54 Å². The van der Waals surface area contributed by atoms with E-state index in [0.717, 1.165) is 5.56 Å². The highest BCUT2D eigenvalue weighted by atomic mass is 16.6. The highest BCUT2D eigenvalue weighted by Gasteiger charge is 2.36. The Kier molecular flexibility index (Phi) is 5.52. The number of rotatable bonds is 6. The molecule has 1 atom stereocenters. The lowest BCUT2D eigenvalue weighted by Crippen LogP contribution is -2.39. The van der Waals surface area contributed by atoms with Gasteiger partial charge in [0.2, 0.25) is 11.7 Å². The van der Waals surface area contributed by atoms with Crippen molar-refractivity contribution in [3.8, 4) is 0 Å². The van der Waals surface area contributed by atoms with Crippen LogP contribution in [0.5, 0.6) is 0 Å². The van der Waals surface area contributed by atoms with Gasteiger partial charge < -0.3 is 14.8 Å². The highest BCUT2D eigenvalue weighted by Crippen LogP contribution is 2.27. The van der Waals surface area contributed by atoms with Crippen LogP contribution in [-0.4, -0.2) is 30.4 Å². The van der Waals surface area contributed by atoms with Crippen molar-refractivity contribution in [2.75, 3.05) is 7.11 Å². The monoisotopic (exact) mass is 329 g/mol. The van der Waals surface area contributed by atoms with Gasteiger partial charge in [-0.15, -0.1) is 0 Å². The van der Waals surface area contributed by atoms with Crippen LogP contribution in [0.4, 0.5) is 0 Å². The van der Waals surface area contributed by atoms with E-state index in [4.69, 9.17) is 9.47 Å². The van der Waals surface area contributed by atoms with Crippen LogP contribution >= 0.6 is 0 Å². The zero-order valence-electron chi connectivity index (χ0n) is 13.6. The van der Waals surface area contributed by atoms with Gasteiger partial charge in [0.1, 0.15) is 0 Å². The number of allylic oxidation sites excluding steroid dienone is 1. The Bertz CT molecular complexity index is 693. The van der Waals surface area contributed by atoms with Crippen LogP contribution in [0.15, 0.2) is 54.3 Å². The van der Waals surface area contributed by atoms with Gasteiger partial charge in [-0.3, -0.25) is 14.4 Å². The van der Waals surface area contributed by atoms with Gasteiger partial charge in [-0.2, -0.15) is 0 Å². The number of carbonyl (C=O) groups is 3. The summed E-state index contributed by atoms with van der Waals surface area (Å²) in [5.74, 6) is -1.18. The van der Waals surface area contributed by atoms with Crippen molar-refractivity contribution < 1.29 is 23.9 Å². The number of ether oxygens (including phenoxy) is 2. The van der Waals surface area contributed by atoms with Crippen molar-refractivity contribution in [1.29, 1.82) is 0 Å². The van der Waals surface area contributed by atoms with Crippen LogP contribution in [0.2, 0.25) is 0 Å². The lowest BCUT2D eigenvalue weighted by atomic mass is 9.92. The average molecular weight is 329 g/mol. The van der Waals surface area contributed by atoms with Gasteiger partial charge in [-0.05, 0) is 17.7 Å². The quantitative estimate of drug-likeness (QED) is 0.803. The van der Waals surface area contributed by atoms with E-state index in [9.17, 15) is 14.4 Å². The molecule has 1 amide bonds. The van der Waals surface area contributed by atoms with Crippen LogP contribution in [0.3, 0.4) is 0 Å². The summed E-state index contributed by atoms with van der Waals surface area (Å²) in [5.41, 5.74) is -0.374. The Morgan fingerprint density at radius 2 is 1.92 bits per heavy atom. The van der Waals surface area contributed by atoms with Crippen molar-refractivity contribution in [3.05, 3.63) is 59.9 Å². The number of esters is 1. The molecular formula is C18H19NO5. The SMILES string of the molecule is COC1=CC(CC(=O)NCc2ccccc2)(OC(C)=O)C=CC1=O.